The van der Waals surface area contributed by atoms with E-state index in [0.717, 1.165) is 12.8 Å². The first-order valence-corrected chi connectivity index (χ1v) is 7.28. The van der Waals surface area contributed by atoms with Gasteiger partial charge in [-0.3, -0.25) is 14.5 Å². The predicted octanol–water partition coefficient (Wildman–Crippen LogP) is -0.574. The van der Waals surface area contributed by atoms with Crippen molar-refractivity contribution >= 4 is 11.8 Å². The Kier molecular flexibility index (Phi) is 4.34. The highest BCUT2D eigenvalue weighted by Crippen LogP contribution is 2.28. The third-order valence-electron chi connectivity index (χ3n) is 4.18. The maximum atomic E-state index is 12.0. The van der Waals surface area contributed by atoms with E-state index in [-0.39, 0.29) is 30.8 Å². The van der Waals surface area contributed by atoms with Crippen LogP contribution in [-0.2, 0) is 9.59 Å². The molecule has 0 radical (unpaired) electrons. The van der Waals surface area contributed by atoms with Gasteiger partial charge < -0.3 is 15.3 Å². The highest BCUT2D eigenvalue weighted by molar-refractivity contribution is 5.85. The van der Waals surface area contributed by atoms with Gasteiger partial charge in [-0.2, -0.15) is 0 Å². The number of hydrogen-bond donors (Lipinski definition) is 2. The summed E-state index contributed by atoms with van der Waals surface area (Å²) < 4.78 is 0. The summed E-state index contributed by atoms with van der Waals surface area (Å²) in [5.74, 6) is 0.0169. The van der Waals surface area contributed by atoms with E-state index < -0.39 is 5.60 Å². The molecule has 6 heteroatoms. The zero-order chi connectivity index (χ0) is 14.9. The van der Waals surface area contributed by atoms with E-state index >= 15 is 0 Å². The zero-order valence-corrected chi connectivity index (χ0v) is 12.6. The largest absolute Gasteiger partial charge is 0.387 e. The molecule has 0 atom stereocenters. The van der Waals surface area contributed by atoms with Gasteiger partial charge in [0.15, 0.2) is 0 Å². The molecule has 1 saturated carbocycles. The zero-order valence-electron chi connectivity index (χ0n) is 12.6. The Morgan fingerprint density at radius 3 is 2.50 bits per heavy atom. The van der Waals surface area contributed by atoms with Gasteiger partial charge in [-0.15, -0.1) is 0 Å². The van der Waals surface area contributed by atoms with Gasteiger partial charge in [0.1, 0.15) is 0 Å². The van der Waals surface area contributed by atoms with Crippen LogP contribution in [0.5, 0.6) is 0 Å². The quantitative estimate of drug-likeness (QED) is 0.684. The van der Waals surface area contributed by atoms with Gasteiger partial charge in [-0.1, -0.05) is 13.8 Å². The van der Waals surface area contributed by atoms with E-state index in [4.69, 9.17) is 0 Å². The first kappa shape index (κ1) is 15.3. The number of carbonyl (C=O) groups is 2. The van der Waals surface area contributed by atoms with Crippen LogP contribution in [0, 0.1) is 5.92 Å². The van der Waals surface area contributed by atoms with Gasteiger partial charge in [0.2, 0.25) is 11.8 Å². The van der Waals surface area contributed by atoms with E-state index in [1.165, 1.54) is 4.90 Å². The molecule has 2 amide bonds. The molecule has 1 heterocycles. The second-order valence-electron chi connectivity index (χ2n) is 6.50. The van der Waals surface area contributed by atoms with Crippen molar-refractivity contribution in [3.05, 3.63) is 0 Å². The topological polar surface area (TPSA) is 72.9 Å². The van der Waals surface area contributed by atoms with E-state index in [1.807, 2.05) is 18.7 Å². The number of nitrogens with one attached hydrogen (secondary N) is 1. The maximum Gasteiger partial charge on any atom is 0.239 e. The van der Waals surface area contributed by atoms with Gasteiger partial charge in [-0.25, -0.2) is 0 Å². The van der Waals surface area contributed by atoms with Crippen LogP contribution >= 0.6 is 0 Å². The van der Waals surface area contributed by atoms with Crippen molar-refractivity contribution in [1.82, 2.24) is 15.1 Å². The Morgan fingerprint density at radius 2 is 2.00 bits per heavy atom. The number of aliphatic hydroxyl groups is 1. The predicted molar refractivity (Wildman–Crippen MR) is 75.0 cm³/mol. The fourth-order valence-corrected chi connectivity index (χ4v) is 2.32. The summed E-state index contributed by atoms with van der Waals surface area (Å²) in [6, 6.07) is 0.322. The van der Waals surface area contributed by atoms with Gasteiger partial charge >= 0.3 is 0 Å². The molecular weight excluding hydrogens is 258 g/mol. The second-order valence-corrected chi connectivity index (χ2v) is 6.50. The van der Waals surface area contributed by atoms with Crippen LogP contribution in [0.2, 0.25) is 0 Å². The van der Waals surface area contributed by atoms with Crippen LogP contribution < -0.4 is 5.32 Å². The van der Waals surface area contributed by atoms with Crippen LogP contribution in [0.1, 0.15) is 26.7 Å². The molecule has 20 heavy (non-hydrogen) atoms. The van der Waals surface area contributed by atoms with Gasteiger partial charge in [0.05, 0.1) is 18.7 Å². The van der Waals surface area contributed by atoms with Crippen molar-refractivity contribution in [3.8, 4) is 0 Å². The van der Waals surface area contributed by atoms with Crippen molar-refractivity contribution in [1.29, 1.82) is 0 Å². The lowest BCUT2D eigenvalue weighted by Gasteiger charge is -2.49. The molecule has 2 rings (SSSR count). The van der Waals surface area contributed by atoms with E-state index in [9.17, 15) is 14.7 Å². The smallest absolute Gasteiger partial charge is 0.239 e. The molecule has 1 saturated heterocycles. The van der Waals surface area contributed by atoms with E-state index in [1.54, 1.807) is 7.05 Å². The Labute approximate surface area is 120 Å². The third-order valence-corrected chi connectivity index (χ3v) is 4.18. The van der Waals surface area contributed by atoms with Crippen molar-refractivity contribution < 1.29 is 14.7 Å². The molecule has 0 aromatic heterocycles. The molecule has 0 unspecified atom stereocenters. The van der Waals surface area contributed by atoms with Gasteiger partial charge in [0, 0.05) is 26.2 Å². The summed E-state index contributed by atoms with van der Waals surface area (Å²) in [4.78, 5) is 27.0. The van der Waals surface area contributed by atoms with Crippen LogP contribution in [0.15, 0.2) is 0 Å². The minimum atomic E-state index is -0.664. The second kappa shape index (κ2) is 5.69. The summed E-state index contributed by atoms with van der Waals surface area (Å²) in [6.07, 6.45) is 2.09. The third kappa shape index (κ3) is 3.70. The Bertz CT molecular complexity index is 387. The SMILES string of the molecule is CC(C)C1(O)CN(CC(=O)N(C)CC(=O)NC2CC2)C1. The van der Waals surface area contributed by atoms with Crippen molar-refractivity contribution in [2.45, 2.75) is 38.3 Å². The Balaban J connectivity index is 1.68. The van der Waals surface area contributed by atoms with Crippen LogP contribution in [0.25, 0.3) is 0 Å². The highest BCUT2D eigenvalue weighted by atomic mass is 16.3. The number of hydrogen-bond acceptors (Lipinski definition) is 4. The van der Waals surface area contributed by atoms with Crippen molar-refractivity contribution in [3.63, 3.8) is 0 Å². The first-order chi connectivity index (χ1) is 9.30. The molecule has 114 valence electrons. The average Bonchev–Trinajstić information content (AvgIpc) is 3.09. The highest BCUT2D eigenvalue weighted by Gasteiger charge is 2.44. The number of likely N-dealkylation sites (tertiary alicyclic amines) is 1. The first-order valence-electron chi connectivity index (χ1n) is 7.28. The number of rotatable bonds is 6. The molecule has 6 nitrogen and oxygen atoms in total. The summed E-state index contributed by atoms with van der Waals surface area (Å²) in [5, 5.41) is 13.0. The molecule has 1 aliphatic heterocycles. The summed E-state index contributed by atoms with van der Waals surface area (Å²) >= 11 is 0. The summed E-state index contributed by atoms with van der Waals surface area (Å²) in [7, 11) is 1.64. The molecule has 2 N–H and O–H groups in total. The molecule has 0 aromatic carbocycles. The lowest BCUT2D eigenvalue weighted by atomic mass is 9.83. The Hall–Kier alpha value is -1.14. The molecule has 2 fully saturated rings. The average molecular weight is 283 g/mol. The monoisotopic (exact) mass is 283 g/mol. The van der Waals surface area contributed by atoms with Crippen molar-refractivity contribution in [2.75, 3.05) is 33.2 Å². The number of amides is 2. The summed E-state index contributed by atoms with van der Waals surface area (Å²) in [5.41, 5.74) is -0.664. The number of nitrogens with zero attached hydrogens (tertiary/aromatic N) is 2. The van der Waals surface area contributed by atoms with Crippen LogP contribution in [0.4, 0.5) is 0 Å². The van der Waals surface area contributed by atoms with Crippen LogP contribution in [-0.4, -0.2) is 71.6 Å². The maximum absolute atomic E-state index is 12.0. The molecular formula is C14H25N3O3. The van der Waals surface area contributed by atoms with Gasteiger partial charge in [0.25, 0.3) is 0 Å². The lowest BCUT2D eigenvalue weighted by molar-refractivity contribution is -0.149. The molecule has 0 spiro atoms. The van der Waals surface area contributed by atoms with E-state index in [2.05, 4.69) is 5.32 Å². The summed E-state index contributed by atoms with van der Waals surface area (Å²) in [6.45, 7) is 5.39. The van der Waals surface area contributed by atoms with Gasteiger partial charge in [-0.05, 0) is 18.8 Å². The molecule has 0 aromatic rings. The number of likely N-dealkylation sites (N-methyl/N-ethyl adjacent to an activating group) is 1. The lowest BCUT2D eigenvalue weighted by Crippen LogP contribution is -2.65. The minimum Gasteiger partial charge on any atom is -0.387 e. The fourth-order valence-electron chi connectivity index (χ4n) is 2.32. The molecule has 0 bridgehead atoms. The molecule has 2 aliphatic rings. The van der Waals surface area contributed by atoms with Crippen molar-refractivity contribution in [2.24, 2.45) is 5.92 Å². The molecule has 1 aliphatic carbocycles. The van der Waals surface area contributed by atoms with E-state index in [0.29, 0.717) is 19.1 Å². The van der Waals surface area contributed by atoms with Crippen LogP contribution in [0.3, 0.4) is 0 Å². The normalized spacial score (nSPS) is 21.4. The Morgan fingerprint density at radius 1 is 1.40 bits per heavy atom. The minimum absolute atomic E-state index is 0.0817. The standard InChI is InChI=1S/C14H25N3O3/c1-10(2)14(20)8-17(9-14)7-13(19)16(3)6-12(18)15-11-4-5-11/h10-11,20H,4-9H2,1-3H3,(H,15,18). The number of carbonyl (C=O) groups excluding carboxylic acids is 2. The fraction of sp³-hybridized carbons (Fsp3) is 0.857. The number of β-amino-alcohol motifs (C(OH)–C–C–N with tert-alkyl or cyclic N) is 1.